The van der Waals surface area contributed by atoms with Crippen LogP contribution in [0.15, 0.2) is 53.4 Å². The quantitative estimate of drug-likeness (QED) is 0.544. The highest BCUT2D eigenvalue weighted by Crippen LogP contribution is 2.13. The lowest BCUT2D eigenvalue weighted by Crippen LogP contribution is -2.37. The zero-order chi connectivity index (χ0) is 21.4. The molecule has 0 radical (unpaired) electrons. The largest absolute Gasteiger partial charge is 0.444 e. The van der Waals surface area contributed by atoms with Crippen molar-refractivity contribution in [2.24, 2.45) is 0 Å². The van der Waals surface area contributed by atoms with Gasteiger partial charge in [-0.3, -0.25) is 9.59 Å². The van der Waals surface area contributed by atoms with Crippen LogP contribution in [0.4, 0.5) is 10.5 Å². The molecule has 0 aliphatic carbocycles. The first-order valence-electron chi connectivity index (χ1n) is 9.06. The Balaban J connectivity index is 1.79. The van der Waals surface area contributed by atoms with E-state index in [0.29, 0.717) is 22.7 Å². The third-order valence-corrected chi connectivity index (χ3v) is 4.02. The molecule has 0 aliphatic heterocycles. The van der Waals surface area contributed by atoms with Gasteiger partial charge in [0.15, 0.2) is 0 Å². The van der Waals surface area contributed by atoms with Gasteiger partial charge in [-0.1, -0.05) is 24.3 Å². The Morgan fingerprint density at radius 2 is 1.62 bits per heavy atom. The van der Waals surface area contributed by atoms with E-state index in [-0.39, 0.29) is 18.4 Å². The molecular formula is C21H25N3O4S. The number of hydrogen-bond donors (Lipinski definition) is 4. The standard InChI is InChI=1S/C21H25N3O4S/c1-21(2,3)28-20(27)23-13-18(25)24-15-10-8-14(9-11-15)12-22-19(26)16-6-4-5-7-17(16)29/h4-11,29H,12-13H2,1-3H3,(H,22,26)(H,23,27)(H,24,25). The second kappa shape index (κ2) is 9.97. The number of thiol groups is 1. The molecule has 2 aromatic rings. The van der Waals surface area contributed by atoms with E-state index in [1.54, 1.807) is 63.2 Å². The highest BCUT2D eigenvalue weighted by atomic mass is 32.1. The van der Waals surface area contributed by atoms with Crippen molar-refractivity contribution < 1.29 is 19.1 Å². The van der Waals surface area contributed by atoms with Gasteiger partial charge in [-0.05, 0) is 50.6 Å². The van der Waals surface area contributed by atoms with Crippen LogP contribution in [0.25, 0.3) is 0 Å². The highest BCUT2D eigenvalue weighted by Gasteiger charge is 2.16. The van der Waals surface area contributed by atoms with Crippen molar-refractivity contribution in [2.75, 3.05) is 11.9 Å². The van der Waals surface area contributed by atoms with Crippen LogP contribution in [-0.2, 0) is 16.1 Å². The molecule has 3 N–H and O–H groups in total. The van der Waals surface area contributed by atoms with Gasteiger partial charge in [-0.25, -0.2) is 4.79 Å². The van der Waals surface area contributed by atoms with Gasteiger partial charge >= 0.3 is 6.09 Å². The number of anilines is 1. The van der Waals surface area contributed by atoms with Crippen LogP contribution in [0.2, 0.25) is 0 Å². The minimum absolute atomic E-state index is 0.199. The van der Waals surface area contributed by atoms with Crippen molar-refractivity contribution in [1.29, 1.82) is 0 Å². The first-order valence-corrected chi connectivity index (χ1v) is 9.50. The summed E-state index contributed by atoms with van der Waals surface area (Å²) in [6.45, 7) is 5.38. The highest BCUT2D eigenvalue weighted by molar-refractivity contribution is 7.80. The Bertz CT molecular complexity index is 876. The van der Waals surface area contributed by atoms with Crippen molar-refractivity contribution in [2.45, 2.75) is 37.8 Å². The molecule has 7 nitrogen and oxygen atoms in total. The Morgan fingerprint density at radius 1 is 0.966 bits per heavy atom. The second-order valence-electron chi connectivity index (χ2n) is 7.30. The van der Waals surface area contributed by atoms with Crippen molar-refractivity contribution in [3.05, 3.63) is 59.7 Å². The molecule has 0 spiro atoms. The summed E-state index contributed by atoms with van der Waals surface area (Å²) in [7, 11) is 0. The average molecular weight is 416 g/mol. The summed E-state index contributed by atoms with van der Waals surface area (Å²) in [5.74, 6) is -0.580. The lowest BCUT2D eigenvalue weighted by atomic mass is 10.2. The number of benzene rings is 2. The van der Waals surface area contributed by atoms with Crippen molar-refractivity contribution in [3.63, 3.8) is 0 Å². The van der Waals surface area contributed by atoms with E-state index in [4.69, 9.17) is 4.74 Å². The van der Waals surface area contributed by atoms with Crippen LogP contribution in [0.1, 0.15) is 36.7 Å². The third-order valence-electron chi connectivity index (χ3n) is 3.63. The molecule has 29 heavy (non-hydrogen) atoms. The molecule has 0 saturated heterocycles. The summed E-state index contributed by atoms with van der Waals surface area (Å²) >= 11 is 4.28. The number of alkyl carbamates (subject to hydrolysis) is 1. The Morgan fingerprint density at radius 3 is 2.24 bits per heavy atom. The van der Waals surface area contributed by atoms with E-state index in [0.717, 1.165) is 5.56 Å². The molecule has 154 valence electrons. The number of amides is 3. The molecule has 0 unspecified atom stereocenters. The molecule has 0 aromatic heterocycles. The summed E-state index contributed by atoms with van der Waals surface area (Å²) in [5.41, 5.74) is 1.34. The van der Waals surface area contributed by atoms with Crippen molar-refractivity contribution in [1.82, 2.24) is 10.6 Å². The number of carbonyl (C=O) groups is 3. The zero-order valence-corrected chi connectivity index (χ0v) is 17.5. The van der Waals surface area contributed by atoms with Gasteiger partial charge in [0.2, 0.25) is 5.91 Å². The normalized spacial score (nSPS) is 10.8. The van der Waals surface area contributed by atoms with E-state index < -0.39 is 11.7 Å². The molecule has 0 atom stereocenters. The number of ether oxygens (including phenoxy) is 1. The molecule has 2 rings (SSSR count). The Labute approximate surface area is 175 Å². The lowest BCUT2D eigenvalue weighted by Gasteiger charge is -2.19. The predicted octanol–water partition coefficient (Wildman–Crippen LogP) is 3.37. The topological polar surface area (TPSA) is 96.5 Å². The number of hydrogen-bond acceptors (Lipinski definition) is 5. The predicted molar refractivity (Wildman–Crippen MR) is 114 cm³/mol. The minimum atomic E-state index is -0.651. The van der Waals surface area contributed by atoms with Crippen LogP contribution < -0.4 is 16.0 Å². The number of rotatable bonds is 6. The monoisotopic (exact) mass is 415 g/mol. The van der Waals surface area contributed by atoms with Crippen LogP contribution in [0.3, 0.4) is 0 Å². The summed E-state index contributed by atoms with van der Waals surface area (Å²) in [4.78, 5) is 36.3. The van der Waals surface area contributed by atoms with Gasteiger partial charge in [0.1, 0.15) is 12.1 Å². The SMILES string of the molecule is CC(C)(C)OC(=O)NCC(=O)Nc1ccc(CNC(=O)c2ccccc2S)cc1. The number of nitrogens with one attached hydrogen (secondary N) is 3. The van der Waals surface area contributed by atoms with E-state index in [1.807, 2.05) is 6.07 Å². The third kappa shape index (κ3) is 7.87. The van der Waals surface area contributed by atoms with Gasteiger partial charge in [0, 0.05) is 17.1 Å². The van der Waals surface area contributed by atoms with Gasteiger partial charge in [-0.15, -0.1) is 12.6 Å². The molecule has 3 amide bonds. The summed E-state index contributed by atoms with van der Waals surface area (Å²) < 4.78 is 5.07. The van der Waals surface area contributed by atoms with Crippen LogP contribution in [0.5, 0.6) is 0 Å². The van der Waals surface area contributed by atoms with E-state index >= 15 is 0 Å². The van der Waals surface area contributed by atoms with Crippen LogP contribution in [-0.4, -0.2) is 30.1 Å². The molecule has 0 fully saturated rings. The van der Waals surface area contributed by atoms with Crippen LogP contribution in [0, 0.1) is 0 Å². The number of carbonyl (C=O) groups excluding carboxylic acids is 3. The molecular weight excluding hydrogens is 390 g/mol. The zero-order valence-electron chi connectivity index (χ0n) is 16.6. The maximum atomic E-state index is 12.2. The summed E-state index contributed by atoms with van der Waals surface area (Å²) in [6.07, 6.45) is -0.651. The molecule has 8 heteroatoms. The molecule has 2 aromatic carbocycles. The minimum Gasteiger partial charge on any atom is -0.444 e. The first kappa shape index (κ1) is 22.3. The maximum absolute atomic E-state index is 12.2. The maximum Gasteiger partial charge on any atom is 0.408 e. The van der Waals surface area contributed by atoms with Crippen LogP contribution >= 0.6 is 12.6 Å². The van der Waals surface area contributed by atoms with Crippen molar-refractivity contribution in [3.8, 4) is 0 Å². The molecule has 0 bridgehead atoms. The first-order chi connectivity index (χ1) is 13.6. The van der Waals surface area contributed by atoms with Gasteiger partial charge < -0.3 is 20.7 Å². The van der Waals surface area contributed by atoms with E-state index in [2.05, 4.69) is 28.6 Å². The van der Waals surface area contributed by atoms with Gasteiger partial charge in [-0.2, -0.15) is 0 Å². The fourth-order valence-corrected chi connectivity index (χ4v) is 2.58. The van der Waals surface area contributed by atoms with Gasteiger partial charge in [0.25, 0.3) is 5.91 Å². The average Bonchev–Trinajstić information content (AvgIpc) is 2.64. The lowest BCUT2D eigenvalue weighted by molar-refractivity contribution is -0.115. The fraction of sp³-hybridized carbons (Fsp3) is 0.286. The molecule has 0 saturated carbocycles. The Hall–Kier alpha value is -3.00. The smallest absolute Gasteiger partial charge is 0.408 e. The van der Waals surface area contributed by atoms with E-state index in [1.165, 1.54) is 0 Å². The summed E-state index contributed by atoms with van der Waals surface area (Å²) in [6, 6.07) is 14.1. The fourth-order valence-electron chi connectivity index (χ4n) is 2.32. The summed E-state index contributed by atoms with van der Waals surface area (Å²) in [5, 5.41) is 7.91. The molecule has 0 aliphatic rings. The Kier molecular flexibility index (Phi) is 7.67. The van der Waals surface area contributed by atoms with Gasteiger partial charge in [0.05, 0.1) is 5.56 Å². The van der Waals surface area contributed by atoms with E-state index in [9.17, 15) is 14.4 Å². The van der Waals surface area contributed by atoms with Crippen molar-refractivity contribution >= 4 is 36.2 Å². The second-order valence-corrected chi connectivity index (χ2v) is 7.78. The molecule has 0 heterocycles.